The Morgan fingerprint density at radius 1 is 0.744 bits per heavy atom. The first kappa shape index (κ1) is 24.8. The first-order valence-electron chi connectivity index (χ1n) is 12.0. The molecule has 196 valence electrons. The van der Waals surface area contributed by atoms with E-state index in [9.17, 15) is 26.3 Å². The van der Waals surface area contributed by atoms with E-state index in [1.165, 1.54) is 12.1 Å². The Bertz CT molecular complexity index is 1810. The zero-order valence-corrected chi connectivity index (χ0v) is 20.2. The molecule has 0 spiro atoms. The monoisotopic (exact) mass is 535 g/mol. The molecule has 0 bridgehead atoms. The third-order valence-corrected chi connectivity index (χ3v) is 6.73. The zero-order chi connectivity index (χ0) is 27.3. The van der Waals surface area contributed by atoms with Crippen LogP contribution in [0.15, 0.2) is 91.1 Å². The van der Waals surface area contributed by atoms with Gasteiger partial charge in [-0.25, -0.2) is 13.2 Å². The Morgan fingerprint density at radius 2 is 1.49 bits per heavy atom. The summed E-state index contributed by atoms with van der Waals surface area (Å²) in [4.78, 5) is 0. The number of halogens is 6. The molecule has 39 heavy (non-hydrogen) atoms. The molecule has 0 saturated carbocycles. The maximum atomic E-state index is 14.6. The van der Waals surface area contributed by atoms with Gasteiger partial charge in [0.25, 0.3) is 0 Å². The first-order valence-corrected chi connectivity index (χ1v) is 12.0. The largest absolute Gasteiger partial charge is 0.418 e. The number of nitrogens with zero attached hydrogens (tertiary/aromatic N) is 3. The van der Waals surface area contributed by atoms with Crippen LogP contribution in [-0.2, 0) is 19.3 Å². The molecule has 0 fully saturated rings. The van der Waals surface area contributed by atoms with E-state index in [2.05, 4.69) is 5.10 Å². The second-order valence-corrected chi connectivity index (χ2v) is 9.26. The van der Waals surface area contributed by atoms with Gasteiger partial charge in [0.15, 0.2) is 0 Å². The Balaban J connectivity index is 1.56. The Hall–Kier alpha value is -4.53. The first-order chi connectivity index (χ1) is 18.7. The molecular formula is C30H19F6N3. The van der Waals surface area contributed by atoms with Crippen LogP contribution < -0.4 is 0 Å². The smallest absolute Gasteiger partial charge is 0.343 e. The fraction of sp³-hybridized carbons (Fsp3) is 0.100. The van der Waals surface area contributed by atoms with Crippen molar-refractivity contribution in [1.82, 2.24) is 14.3 Å². The number of alkyl halides is 3. The molecular weight excluding hydrogens is 516 g/mol. The van der Waals surface area contributed by atoms with Crippen LogP contribution in [0.1, 0.15) is 16.7 Å². The average molecular weight is 535 g/mol. The van der Waals surface area contributed by atoms with Gasteiger partial charge >= 0.3 is 6.18 Å². The predicted octanol–water partition coefficient (Wildman–Crippen LogP) is 8.19. The Labute approximate surface area is 218 Å². The van der Waals surface area contributed by atoms with Gasteiger partial charge in [-0.3, -0.25) is 4.68 Å². The minimum Gasteiger partial charge on any atom is -0.343 e. The lowest BCUT2D eigenvalue weighted by Gasteiger charge is -2.12. The summed E-state index contributed by atoms with van der Waals surface area (Å²) in [5.74, 6) is -3.40. The lowest BCUT2D eigenvalue weighted by Crippen LogP contribution is -2.09. The average Bonchev–Trinajstić information content (AvgIpc) is 3.46. The molecule has 2 heterocycles. The van der Waals surface area contributed by atoms with Gasteiger partial charge in [0.2, 0.25) is 0 Å². The summed E-state index contributed by atoms with van der Waals surface area (Å²) in [6.07, 6.45) is -2.78. The zero-order valence-electron chi connectivity index (χ0n) is 20.2. The Morgan fingerprint density at radius 3 is 2.21 bits per heavy atom. The molecule has 2 aromatic heterocycles. The van der Waals surface area contributed by atoms with E-state index in [-0.39, 0.29) is 16.6 Å². The second kappa shape index (κ2) is 9.34. The summed E-state index contributed by atoms with van der Waals surface area (Å²) in [7, 11) is 0. The number of rotatable bonds is 5. The van der Waals surface area contributed by atoms with Crippen LogP contribution in [0.25, 0.3) is 33.1 Å². The van der Waals surface area contributed by atoms with Gasteiger partial charge in [-0.15, -0.1) is 0 Å². The van der Waals surface area contributed by atoms with E-state index in [0.717, 1.165) is 27.2 Å². The summed E-state index contributed by atoms with van der Waals surface area (Å²) in [6, 6.07) is 21.8. The maximum Gasteiger partial charge on any atom is 0.418 e. The van der Waals surface area contributed by atoms with Crippen LogP contribution in [0.5, 0.6) is 0 Å². The van der Waals surface area contributed by atoms with Gasteiger partial charge in [-0.2, -0.15) is 18.3 Å². The number of hydrogen-bond acceptors (Lipinski definition) is 1. The van der Waals surface area contributed by atoms with E-state index in [4.69, 9.17) is 0 Å². The lowest BCUT2D eigenvalue weighted by molar-refractivity contribution is -0.136. The molecule has 3 nitrogen and oxygen atoms in total. The highest BCUT2D eigenvalue weighted by Gasteiger charge is 2.34. The summed E-state index contributed by atoms with van der Waals surface area (Å²) >= 11 is 0. The molecule has 0 radical (unpaired) electrons. The Kier molecular flexibility index (Phi) is 5.94. The molecule has 4 aromatic carbocycles. The summed E-state index contributed by atoms with van der Waals surface area (Å²) in [6.45, 7) is 0.0281. The molecule has 9 heteroatoms. The molecule has 0 aliphatic rings. The number of benzene rings is 4. The molecule has 0 unspecified atom stereocenters. The molecule has 0 amide bonds. The molecule has 0 N–H and O–H groups in total. The van der Waals surface area contributed by atoms with Crippen molar-refractivity contribution >= 4 is 21.8 Å². The summed E-state index contributed by atoms with van der Waals surface area (Å²) < 4.78 is 87.5. The van der Waals surface area contributed by atoms with Crippen LogP contribution >= 0.6 is 0 Å². The third-order valence-electron chi connectivity index (χ3n) is 6.73. The van der Waals surface area contributed by atoms with E-state index in [0.29, 0.717) is 24.2 Å². The minimum atomic E-state index is -4.70. The van der Waals surface area contributed by atoms with Crippen LogP contribution in [0.3, 0.4) is 0 Å². The summed E-state index contributed by atoms with van der Waals surface area (Å²) in [5.41, 5.74) is 0.842. The normalized spacial score (nSPS) is 12.1. The fourth-order valence-corrected chi connectivity index (χ4v) is 4.92. The van der Waals surface area contributed by atoms with Gasteiger partial charge in [-0.05, 0) is 29.1 Å². The van der Waals surface area contributed by atoms with Crippen molar-refractivity contribution in [2.75, 3.05) is 0 Å². The van der Waals surface area contributed by atoms with Crippen LogP contribution in [-0.4, -0.2) is 14.3 Å². The highest BCUT2D eigenvalue weighted by molar-refractivity contribution is 5.97. The topological polar surface area (TPSA) is 22.8 Å². The number of hydrogen-bond donors (Lipinski definition) is 0. The fourth-order valence-electron chi connectivity index (χ4n) is 4.92. The van der Waals surface area contributed by atoms with Crippen molar-refractivity contribution in [2.24, 2.45) is 0 Å². The van der Waals surface area contributed by atoms with Gasteiger partial charge in [0, 0.05) is 46.9 Å². The van der Waals surface area contributed by atoms with Gasteiger partial charge in [0.05, 0.1) is 17.8 Å². The molecule has 0 saturated heterocycles. The van der Waals surface area contributed by atoms with E-state index < -0.39 is 41.3 Å². The van der Waals surface area contributed by atoms with E-state index in [1.807, 2.05) is 59.3 Å². The van der Waals surface area contributed by atoms with E-state index in [1.54, 1.807) is 6.07 Å². The van der Waals surface area contributed by atoms with Gasteiger partial charge < -0.3 is 4.57 Å². The SMILES string of the molecule is Fc1cc(F)c(Cn2nc3c(C(F)(F)F)cccc3c2-c2ccc3ccn(Cc4ccccc4)c3c2)c(F)c1. The molecule has 0 aliphatic carbocycles. The molecule has 6 rings (SSSR count). The van der Waals surface area contributed by atoms with Crippen LogP contribution in [0.2, 0.25) is 0 Å². The lowest BCUT2D eigenvalue weighted by atomic mass is 10.0. The second-order valence-electron chi connectivity index (χ2n) is 9.26. The quantitative estimate of drug-likeness (QED) is 0.204. The molecule has 0 aliphatic heterocycles. The van der Waals surface area contributed by atoms with E-state index >= 15 is 0 Å². The van der Waals surface area contributed by atoms with Gasteiger partial charge in [-0.1, -0.05) is 54.6 Å². The maximum absolute atomic E-state index is 14.6. The predicted molar refractivity (Wildman–Crippen MR) is 137 cm³/mol. The van der Waals surface area contributed by atoms with Crippen LogP contribution in [0, 0.1) is 17.5 Å². The van der Waals surface area contributed by atoms with Gasteiger partial charge in [0.1, 0.15) is 23.0 Å². The summed E-state index contributed by atoms with van der Waals surface area (Å²) in [5, 5.41) is 5.26. The van der Waals surface area contributed by atoms with Crippen molar-refractivity contribution < 1.29 is 26.3 Å². The molecule has 0 atom stereocenters. The van der Waals surface area contributed by atoms with Crippen molar-refractivity contribution in [1.29, 1.82) is 0 Å². The highest BCUT2D eigenvalue weighted by atomic mass is 19.4. The van der Waals surface area contributed by atoms with Crippen molar-refractivity contribution in [2.45, 2.75) is 19.3 Å². The number of aromatic nitrogens is 3. The molecule has 6 aromatic rings. The van der Waals surface area contributed by atoms with Crippen molar-refractivity contribution in [3.8, 4) is 11.3 Å². The van der Waals surface area contributed by atoms with Crippen molar-refractivity contribution in [3.63, 3.8) is 0 Å². The minimum absolute atomic E-state index is 0.174. The highest BCUT2D eigenvalue weighted by Crippen LogP contribution is 2.39. The number of fused-ring (bicyclic) bond motifs is 2. The standard InChI is InChI=1S/C30H19F6N3/c31-21-14-25(32)23(26(33)15-21)17-39-29(22-7-4-8-24(28(22)37-39)30(34,35)36)20-10-9-19-11-12-38(27(19)13-20)16-18-5-2-1-3-6-18/h1-15H,16-17H2. The van der Waals surface area contributed by atoms with Crippen LogP contribution in [0.4, 0.5) is 26.3 Å². The third kappa shape index (κ3) is 4.54. The van der Waals surface area contributed by atoms with Crippen molar-refractivity contribution in [3.05, 3.63) is 125 Å².